The molecule has 0 spiro atoms. The molecule has 4 rings (SSSR count). The third-order valence-electron chi connectivity index (χ3n) is 5.04. The second kappa shape index (κ2) is 8.09. The molecule has 1 aliphatic carbocycles. The van der Waals surface area contributed by atoms with E-state index in [1.165, 1.54) is 36.0 Å². The van der Waals surface area contributed by atoms with Crippen LogP contribution in [0.25, 0.3) is 16.7 Å². The summed E-state index contributed by atoms with van der Waals surface area (Å²) in [6, 6.07) is 18.9. The van der Waals surface area contributed by atoms with E-state index in [-0.39, 0.29) is 0 Å². The van der Waals surface area contributed by atoms with E-state index in [0.29, 0.717) is 0 Å². The normalized spacial score (nSPS) is 13.7. The maximum absolute atomic E-state index is 5.30. The summed E-state index contributed by atoms with van der Waals surface area (Å²) in [7, 11) is 1.69. The largest absolute Gasteiger partial charge is 0.497 e. The van der Waals surface area contributed by atoms with E-state index in [4.69, 9.17) is 4.74 Å². The minimum atomic E-state index is 0.867. The van der Waals surface area contributed by atoms with Crippen molar-refractivity contribution in [1.29, 1.82) is 0 Å². The highest BCUT2D eigenvalue weighted by Gasteiger charge is 2.11. The van der Waals surface area contributed by atoms with Crippen LogP contribution >= 0.6 is 0 Å². The first-order valence-corrected chi connectivity index (χ1v) is 9.48. The van der Waals surface area contributed by atoms with Gasteiger partial charge in [0.15, 0.2) is 0 Å². The summed E-state index contributed by atoms with van der Waals surface area (Å²) in [5.41, 5.74) is 7.25. The van der Waals surface area contributed by atoms with E-state index in [2.05, 4.69) is 46.7 Å². The molecule has 2 aromatic carbocycles. The van der Waals surface area contributed by atoms with Gasteiger partial charge in [0.2, 0.25) is 0 Å². The molecule has 3 heteroatoms. The summed E-state index contributed by atoms with van der Waals surface area (Å²) in [5.74, 6) is 0.867. The Bertz CT molecular complexity index is 930. The van der Waals surface area contributed by atoms with Crippen LogP contribution in [0.15, 0.2) is 73.1 Å². The number of hydrogen-bond acceptors (Lipinski definition) is 3. The molecular weight excluding hydrogens is 332 g/mol. The summed E-state index contributed by atoms with van der Waals surface area (Å²) in [6.07, 6.45) is 10.9. The average Bonchev–Trinajstić information content (AvgIpc) is 2.75. The Balaban J connectivity index is 1.75. The fourth-order valence-corrected chi connectivity index (χ4v) is 3.56. The first-order valence-electron chi connectivity index (χ1n) is 9.48. The monoisotopic (exact) mass is 356 g/mol. The lowest BCUT2D eigenvalue weighted by Gasteiger charge is -2.18. The van der Waals surface area contributed by atoms with Crippen LogP contribution in [0.4, 0.5) is 11.4 Å². The Hall–Kier alpha value is -3.07. The SMILES string of the molecule is COc1ccc(-c2ccc(C3=CCCCC3)cc2Nc2ccncc2)cc1. The second-order valence-corrected chi connectivity index (χ2v) is 6.82. The molecule has 0 aliphatic heterocycles. The van der Waals surface area contributed by atoms with Crippen molar-refractivity contribution in [2.45, 2.75) is 25.7 Å². The lowest BCUT2D eigenvalue weighted by molar-refractivity contribution is 0.415. The summed E-state index contributed by atoms with van der Waals surface area (Å²) < 4.78 is 5.30. The van der Waals surface area contributed by atoms with Gasteiger partial charge in [0.1, 0.15) is 5.75 Å². The number of nitrogens with zero attached hydrogens (tertiary/aromatic N) is 1. The van der Waals surface area contributed by atoms with Gasteiger partial charge in [-0.15, -0.1) is 0 Å². The van der Waals surface area contributed by atoms with Gasteiger partial charge in [0.05, 0.1) is 7.11 Å². The van der Waals surface area contributed by atoms with E-state index >= 15 is 0 Å². The predicted octanol–water partition coefficient (Wildman–Crippen LogP) is 6.46. The van der Waals surface area contributed by atoms with Crippen molar-refractivity contribution < 1.29 is 4.74 Å². The van der Waals surface area contributed by atoms with Crippen LogP contribution in [-0.4, -0.2) is 12.1 Å². The number of ether oxygens (including phenoxy) is 1. The van der Waals surface area contributed by atoms with Crippen molar-refractivity contribution in [2.24, 2.45) is 0 Å². The molecule has 0 radical (unpaired) electrons. The highest BCUT2D eigenvalue weighted by atomic mass is 16.5. The zero-order chi connectivity index (χ0) is 18.5. The zero-order valence-corrected chi connectivity index (χ0v) is 15.6. The van der Waals surface area contributed by atoms with Crippen LogP contribution in [0.1, 0.15) is 31.2 Å². The van der Waals surface area contributed by atoms with Gasteiger partial charge in [-0.1, -0.05) is 30.3 Å². The smallest absolute Gasteiger partial charge is 0.118 e. The molecule has 1 aromatic heterocycles. The number of hydrogen-bond donors (Lipinski definition) is 1. The number of anilines is 2. The third-order valence-corrected chi connectivity index (χ3v) is 5.04. The van der Waals surface area contributed by atoms with Gasteiger partial charge in [0.25, 0.3) is 0 Å². The van der Waals surface area contributed by atoms with Gasteiger partial charge in [-0.05, 0) is 72.7 Å². The number of nitrogens with one attached hydrogen (secondary N) is 1. The number of aromatic nitrogens is 1. The second-order valence-electron chi connectivity index (χ2n) is 6.82. The summed E-state index contributed by atoms with van der Waals surface area (Å²) in [5, 5.41) is 3.58. The first kappa shape index (κ1) is 17.3. The fourth-order valence-electron chi connectivity index (χ4n) is 3.56. The van der Waals surface area contributed by atoms with Crippen LogP contribution in [0.3, 0.4) is 0 Å². The molecule has 0 saturated carbocycles. The zero-order valence-electron chi connectivity index (χ0n) is 15.6. The minimum Gasteiger partial charge on any atom is -0.497 e. The molecule has 0 amide bonds. The van der Waals surface area contributed by atoms with Crippen LogP contribution in [-0.2, 0) is 0 Å². The molecule has 0 saturated heterocycles. The number of rotatable bonds is 5. The molecule has 1 heterocycles. The minimum absolute atomic E-state index is 0.867. The van der Waals surface area contributed by atoms with E-state index in [0.717, 1.165) is 29.1 Å². The highest BCUT2D eigenvalue weighted by Crippen LogP contribution is 2.36. The molecular formula is C24H24N2O. The van der Waals surface area contributed by atoms with Crippen LogP contribution in [0, 0.1) is 0 Å². The number of methoxy groups -OCH3 is 1. The van der Waals surface area contributed by atoms with Gasteiger partial charge >= 0.3 is 0 Å². The van der Waals surface area contributed by atoms with E-state index in [1.807, 2.05) is 36.7 Å². The Labute approximate surface area is 160 Å². The van der Waals surface area contributed by atoms with Crippen molar-refractivity contribution in [3.05, 3.63) is 78.6 Å². The highest BCUT2D eigenvalue weighted by molar-refractivity contribution is 5.84. The molecule has 3 aromatic rings. The molecule has 27 heavy (non-hydrogen) atoms. The van der Waals surface area contributed by atoms with Crippen molar-refractivity contribution in [3.8, 4) is 16.9 Å². The van der Waals surface area contributed by atoms with Crippen LogP contribution in [0.5, 0.6) is 5.75 Å². The van der Waals surface area contributed by atoms with E-state index in [1.54, 1.807) is 7.11 Å². The molecule has 0 fully saturated rings. The van der Waals surface area contributed by atoms with Gasteiger partial charge in [-0.2, -0.15) is 0 Å². The van der Waals surface area contributed by atoms with Gasteiger partial charge in [-0.3, -0.25) is 4.98 Å². The Morgan fingerprint density at radius 2 is 1.67 bits per heavy atom. The molecule has 0 bridgehead atoms. The summed E-state index contributed by atoms with van der Waals surface area (Å²) in [4.78, 5) is 4.11. The lowest BCUT2D eigenvalue weighted by atomic mass is 9.91. The maximum atomic E-state index is 5.30. The van der Waals surface area contributed by atoms with Crippen molar-refractivity contribution >= 4 is 16.9 Å². The molecule has 136 valence electrons. The Morgan fingerprint density at radius 3 is 2.37 bits per heavy atom. The Kier molecular flexibility index (Phi) is 5.20. The van der Waals surface area contributed by atoms with E-state index < -0.39 is 0 Å². The van der Waals surface area contributed by atoms with Crippen LogP contribution < -0.4 is 10.1 Å². The summed E-state index contributed by atoms with van der Waals surface area (Å²) in [6.45, 7) is 0. The lowest BCUT2D eigenvalue weighted by Crippen LogP contribution is -1.97. The molecule has 0 unspecified atom stereocenters. The number of pyridine rings is 1. The third kappa shape index (κ3) is 4.03. The predicted molar refractivity (Wildman–Crippen MR) is 112 cm³/mol. The topological polar surface area (TPSA) is 34.1 Å². The Morgan fingerprint density at radius 1 is 0.889 bits per heavy atom. The van der Waals surface area contributed by atoms with E-state index in [9.17, 15) is 0 Å². The number of benzene rings is 2. The first-order chi connectivity index (χ1) is 13.3. The van der Waals surface area contributed by atoms with Gasteiger partial charge in [-0.25, -0.2) is 0 Å². The van der Waals surface area contributed by atoms with Crippen molar-refractivity contribution in [1.82, 2.24) is 4.98 Å². The van der Waals surface area contributed by atoms with Crippen LogP contribution in [0.2, 0.25) is 0 Å². The average molecular weight is 356 g/mol. The standard InChI is InChI=1S/C24H24N2O/c1-27-22-10-7-19(8-11-22)23-12-9-20(18-5-3-2-4-6-18)17-24(23)26-21-13-15-25-16-14-21/h5,7-17H,2-4,6H2,1H3,(H,25,26). The molecule has 1 aliphatic rings. The molecule has 1 N–H and O–H groups in total. The van der Waals surface area contributed by atoms with Crippen molar-refractivity contribution in [3.63, 3.8) is 0 Å². The quantitative estimate of drug-likeness (QED) is 0.570. The fraction of sp³-hybridized carbons (Fsp3) is 0.208. The molecule has 0 atom stereocenters. The van der Waals surface area contributed by atoms with Gasteiger partial charge in [0, 0.05) is 29.3 Å². The van der Waals surface area contributed by atoms with Crippen molar-refractivity contribution in [2.75, 3.05) is 12.4 Å². The maximum Gasteiger partial charge on any atom is 0.118 e. The number of allylic oxidation sites excluding steroid dienone is 2. The van der Waals surface area contributed by atoms with Gasteiger partial charge < -0.3 is 10.1 Å². The summed E-state index contributed by atoms with van der Waals surface area (Å²) >= 11 is 0. The molecule has 3 nitrogen and oxygen atoms in total.